The van der Waals surface area contributed by atoms with Crippen LogP contribution in [-0.4, -0.2) is 46.9 Å². The fourth-order valence-electron chi connectivity index (χ4n) is 1.79. The number of carbonyl (C=O) groups is 3. The summed E-state index contributed by atoms with van der Waals surface area (Å²) in [5, 5.41) is 11.5. The van der Waals surface area contributed by atoms with Crippen molar-refractivity contribution in [2.24, 2.45) is 5.41 Å². The van der Waals surface area contributed by atoms with Crippen molar-refractivity contribution < 1.29 is 19.5 Å². The number of nitrogens with zero attached hydrogens (tertiary/aromatic N) is 1. The molecule has 0 rings (SSSR count). The molecule has 0 heterocycles. The molecule has 0 aliphatic rings. The van der Waals surface area contributed by atoms with Gasteiger partial charge in [-0.15, -0.1) is 0 Å². The second-order valence-electron chi connectivity index (χ2n) is 5.88. The average molecular weight is 286 g/mol. The van der Waals surface area contributed by atoms with Gasteiger partial charge in [-0.1, -0.05) is 20.8 Å². The molecule has 0 aromatic carbocycles. The lowest BCUT2D eigenvalue weighted by atomic mass is 9.96. The molecule has 0 saturated heterocycles. The van der Waals surface area contributed by atoms with Gasteiger partial charge in [-0.05, 0) is 13.8 Å². The fraction of sp³-hybridized carbons (Fsp3) is 0.786. The van der Waals surface area contributed by atoms with Gasteiger partial charge in [-0.25, -0.2) is 0 Å². The Kier molecular flexibility index (Phi) is 7.24. The molecular weight excluding hydrogens is 260 g/mol. The maximum atomic E-state index is 12.0. The van der Waals surface area contributed by atoms with Crippen LogP contribution in [0.3, 0.4) is 0 Å². The Morgan fingerprint density at radius 3 is 2.20 bits per heavy atom. The number of hydrogen-bond donors (Lipinski definition) is 2. The molecule has 2 N–H and O–H groups in total. The molecule has 6 nitrogen and oxygen atoms in total. The Hall–Kier alpha value is -1.59. The Bertz CT molecular complexity index is 361. The topological polar surface area (TPSA) is 86.7 Å². The second kappa shape index (κ2) is 7.87. The van der Waals surface area contributed by atoms with Gasteiger partial charge in [0, 0.05) is 31.0 Å². The lowest BCUT2D eigenvalue weighted by molar-refractivity contribution is -0.140. The molecule has 0 aromatic heterocycles. The maximum absolute atomic E-state index is 12.0. The normalized spacial score (nSPS) is 12.7. The van der Waals surface area contributed by atoms with E-state index in [4.69, 9.17) is 5.11 Å². The zero-order valence-corrected chi connectivity index (χ0v) is 13.0. The van der Waals surface area contributed by atoms with Crippen molar-refractivity contribution in [2.45, 2.75) is 53.5 Å². The van der Waals surface area contributed by atoms with Crippen molar-refractivity contribution in [2.75, 3.05) is 13.1 Å². The summed E-state index contributed by atoms with van der Waals surface area (Å²) >= 11 is 0. The summed E-state index contributed by atoms with van der Waals surface area (Å²) in [4.78, 5) is 35.9. The van der Waals surface area contributed by atoms with Crippen molar-refractivity contribution in [3.05, 3.63) is 0 Å². The third-order valence-corrected chi connectivity index (χ3v) is 2.97. The first-order valence-electron chi connectivity index (χ1n) is 6.89. The van der Waals surface area contributed by atoms with Gasteiger partial charge < -0.3 is 15.3 Å². The Balaban J connectivity index is 4.30. The summed E-state index contributed by atoms with van der Waals surface area (Å²) in [6.45, 7) is 9.66. The largest absolute Gasteiger partial charge is 0.481 e. The Labute approximate surface area is 120 Å². The Morgan fingerprint density at radius 1 is 1.25 bits per heavy atom. The predicted octanol–water partition coefficient (Wildman–Crippen LogP) is 1.25. The van der Waals surface area contributed by atoms with Gasteiger partial charge in [-0.2, -0.15) is 0 Å². The quantitative estimate of drug-likeness (QED) is 0.737. The number of carboxylic acids is 1. The zero-order chi connectivity index (χ0) is 15.9. The van der Waals surface area contributed by atoms with E-state index < -0.39 is 11.4 Å². The minimum atomic E-state index is -0.926. The molecule has 1 unspecified atom stereocenters. The predicted molar refractivity (Wildman–Crippen MR) is 76.2 cm³/mol. The highest BCUT2D eigenvalue weighted by atomic mass is 16.4. The second-order valence-corrected chi connectivity index (χ2v) is 5.88. The smallest absolute Gasteiger partial charge is 0.305 e. The molecule has 0 radical (unpaired) electrons. The van der Waals surface area contributed by atoms with E-state index >= 15 is 0 Å². The fourth-order valence-corrected chi connectivity index (χ4v) is 1.79. The molecule has 0 saturated carbocycles. The number of nitrogens with one attached hydrogen (secondary N) is 1. The third kappa shape index (κ3) is 6.54. The van der Waals surface area contributed by atoms with E-state index in [1.165, 1.54) is 4.90 Å². The average Bonchev–Trinajstić information content (AvgIpc) is 2.27. The number of carbonyl (C=O) groups excluding carboxylic acids is 2. The minimum Gasteiger partial charge on any atom is -0.481 e. The van der Waals surface area contributed by atoms with Crippen molar-refractivity contribution in [3.63, 3.8) is 0 Å². The minimum absolute atomic E-state index is 0.0755. The lowest BCUT2D eigenvalue weighted by Gasteiger charge is -2.27. The van der Waals surface area contributed by atoms with E-state index in [-0.39, 0.29) is 37.2 Å². The SMILES string of the molecule is CCN(C(=O)CCNC(=O)C(C)(C)C)C(C)CC(=O)O. The van der Waals surface area contributed by atoms with Crippen LogP contribution in [-0.2, 0) is 14.4 Å². The van der Waals surface area contributed by atoms with Crippen LogP contribution < -0.4 is 5.32 Å². The highest BCUT2D eigenvalue weighted by molar-refractivity contribution is 5.82. The first kappa shape index (κ1) is 18.4. The summed E-state index contributed by atoms with van der Waals surface area (Å²) in [5.74, 6) is -1.17. The van der Waals surface area contributed by atoms with E-state index in [0.29, 0.717) is 6.54 Å². The van der Waals surface area contributed by atoms with Gasteiger partial charge in [0.15, 0.2) is 0 Å². The van der Waals surface area contributed by atoms with Gasteiger partial charge in [0.25, 0.3) is 0 Å². The zero-order valence-electron chi connectivity index (χ0n) is 13.0. The van der Waals surface area contributed by atoms with Crippen LogP contribution in [0.25, 0.3) is 0 Å². The maximum Gasteiger partial charge on any atom is 0.305 e. The van der Waals surface area contributed by atoms with Gasteiger partial charge in [0.1, 0.15) is 0 Å². The van der Waals surface area contributed by atoms with Crippen LogP contribution in [0.15, 0.2) is 0 Å². The number of carboxylic acid groups (broad SMARTS) is 1. The van der Waals surface area contributed by atoms with Crippen LogP contribution in [0.5, 0.6) is 0 Å². The summed E-state index contributed by atoms with van der Waals surface area (Å²) in [6, 6.07) is -0.344. The van der Waals surface area contributed by atoms with Gasteiger partial charge in [0.2, 0.25) is 11.8 Å². The van der Waals surface area contributed by atoms with Crippen molar-refractivity contribution in [3.8, 4) is 0 Å². The molecule has 0 aromatic rings. The van der Waals surface area contributed by atoms with E-state index in [9.17, 15) is 14.4 Å². The van der Waals surface area contributed by atoms with E-state index in [1.807, 2.05) is 6.92 Å². The van der Waals surface area contributed by atoms with Crippen LogP contribution in [0.2, 0.25) is 0 Å². The molecule has 6 heteroatoms. The van der Waals surface area contributed by atoms with Crippen molar-refractivity contribution >= 4 is 17.8 Å². The standard InChI is InChI=1S/C14H26N2O4/c1-6-16(10(2)9-12(18)19)11(17)7-8-15-13(20)14(3,4)5/h10H,6-9H2,1-5H3,(H,15,20)(H,18,19). The molecule has 0 fully saturated rings. The summed E-state index contributed by atoms with van der Waals surface area (Å²) < 4.78 is 0. The molecule has 0 aliphatic carbocycles. The molecule has 2 amide bonds. The van der Waals surface area contributed by atoms with E-state index in [1.54, 1.807) is 27.7 Å². The van der Waals surface area contributed by atoms with Crippen LogP contribution in [0, 0.1) is 5.41 Å². The highest BCUT2D eigenvalue weighted by Gasteiger charge is 2.23. The first-order valence-corrected chi connectivity index (χ1v) is 6.89. The summed E-state index contributed by atoms with van der Waals surface area (Å²) in [5.41, 5.74) is -0.482. The third-order valence-electron chi connectivity index (χ3n) is 2.97. The monoisotopic (exact) mass is 286 g/mol. The Morgan fingerprint density at radius 2 is 1.80 bits per heavy atom. The summed E-state index contributed by atoms with van der Waals surface area (Å²) in [7, 11) is 0. The van der Waals surface area contributed by atoms with Crippen LogP contribution in [0.1, 0.15) is 47.5 Å². The van der Waals surface area contributed by atoms with Gasteiger partial charge >= 0.3 is 5.97 Å². The van der Waals surface area contributed by atoms with Crippen molar-refractivity contribution in [1.82, 2.24) is 10.2 Å². The highest BCUT2D eigenvalue weighted by Crippen LogP contribution is 2.12. The molecule has 1 atom stereocenters. The van der Waals surface area contributed by atoms with Crippen LogP contribution in [0.4, 0.5) is 0 Å². The van der Waals surface area contributed by atoms with Gasteiger partial charge in [-0.3, -0.25) is 14.4 Å². The number of aliphatic carboxylic acids is 1. The first-order chi connectivity index (χ1) is 9.09. The molecule has 0 spiro atoms. The van der Waals surface area contributed by atoms with E-state index in [2.05, 4.69) is 5.32 Å². The number of rotatable bonds is 7. The molecule has 0 aliphatic heterocycles. The molecule has 20 heavy (non-hydrogen) atoms. The van der Waals surface area contributed by atoms with Crippen molar-refractivity contribution in [1.29, 1.82) is 0 Å². The number of hydrogen-bond acceptors (Lipinski definition) is 3. The van der Waals surface area contributed by atoms with Crippen LogP contribution >= 0.6 is 0 Å². The van der Waals surface area contributed by atoms with Gasteiger partial charge in [0.05, 0.1) is 6.42 Å². The van der Waals surface area contributed by atoms with E-state index in [0.717, 1.165) is 0 Å². The molecule has 0 bridgehead atoms. The summed E-state index contributed by atoms with van der Waals surface area (Å²) in [6.07, 6.45) is 0.105. The molecule has 116 valence electrons. The lowest BCUT2D eigenvalue weighted by Crippen LogP contribution is -2.42. The molecular formula is C14H26N2O4. The number of amides is 2.